The molecule has 0 rings (SSSR count). The third-order valence-corrected chi connectivity index (χ3v) is 16.2. The highest BCUT2D eigenvalue weighted by Gasteiger charge is 2.18. The maximum absolute atomic E-state index is 12.5. The molecule has 0 radical (unpaired) electrons. The van der Waals surface area contributed by atoms with Gasteiger partial charge in [-0.1, -0.05) is 339 Å². The average molecular weight is 1080 g/mol. The molecule has 0 heterocycles. The molecule has 2 atom stereocenters. The van der Waals surface area contributed by atoms with E-state index in [4.69, 9.17) is 4.74 Å². The van der Waals surface area contributed by atoms with Crippen molar-refractivity contribution in [1.82, 2.24) is 5.32 Å². The monoisotopic (exact) mass is 1080 g/mol. The summed E-state index contributed by atoms with van der Waals surface area (Å²) in [6, 6.07) is -0.628. The van der Waals surface area contributed by atoms with E-state index in [0.717, 1.165) is 44.9 Å². The number of aliphatic hydroxyl groups is 2. The van der Waals surface area contributed by atoms with Crippen LogP contribution in [0, 0.1) is 0 Å². The smallest absolute Gasteiger partial charge is 0.305 e. The summed E-state index contributed by atoms with van der Waals surface area (Å²) in [6.07, 6.45) is 85.1. The fourth-order valence-electron chi connectivity index (χ4n) is 10.8. The molecule has 454 valence electrons. The minimum atomic E-state index is -0.844. The molecule has 0 saturated heterocycles. The number of ether oxygens (including phenoxy) is 1. The van der Waals surface area contributed by atoms with Gasteiger partial charge in [-0.3, -0.25) is 9.59 Å². The molecule has 0 bridgehead atoms. The molecule has 77 heavy (non-hydrogen) atoms. The number of hydrogen-bond donors (Lipinski definition) is 3. The van der Waals surface area contributed by atoms with Gasteiger partial charge in [-0.25, -0.2) is 0 Å². The maximum Gasteiger partial charge on any atom is 0.305 e. The summed E-state index contributed by atoms with van der Waals surface area (Å²) in [6.45, 7) is 4.93. The predicted molar refractivity (Wildman–Crippen MR) is 338 cm³/mol. The molecule has 0 aliphatic carbocycles. The minimum Gasteiger partial charge on any atom is -0.466 e. The summed E-state index contributed by atoms with van der Waals surface area (Å²) in [7, 11) is 0. The Bertz CT molecular complexity index is 1250. The fraction of sp³-hybridized carbons (Fsp3) is 0.887. The Hall–Kier alpha value is -1.92. The summed E-state index contributed by atoms with van der Waals surface area (Å²) in [5.41, 5.74) is 0. The Morgan fingerprint density at radius 3 is 0.987 bits per heavy atom. The predicted octanol–water partition coefficient (Wildman–Crippen LogP) is 22.3. The highest BCUT2D eigenvalue weighted by Crippen LogP contribution is 2.18. The number of amides is 1. The van der Waals surface area contributed by atoms with Gasteiger partial charge < -0.3 is 20.3 Å². The Morgan fingerprint density at radius 2 is 0.649 bits per heavy atom. The first-order valence-electron chi connectivity index (χ1n) is 34.8. The fourth-order valence-corrected chi connectivity index (χ4v) is 10.8. The lowest BCUT2D eigenvalue weighted by molar-refractivity contribution is -0.143. The van der Waals surface area contributed by atoms with Gasteiger partial charge >= 0.3 is 5.97 Å². The van der Waals surface area contributed by atoms with Crippen LogP contribution in [0.25, 0.3) is 0 Å². The van der Waals surface area contributed by atoms with Crippen LogP contribution in [-0.4, -0.2) is 47.4 Å². The molecule has 0 aromatic rings. The van der Waals surface area contributed by atoms with Gasteiger partial charge in [-0.2, -0.15) is 0 Å². The zero-order valence-corrected chi connectivity index (χ0v) is 52.0. The number of unbranched alkanes of at least 4 members (excludes halogenated alkanes) is 50. The second-order valence-corrected chi connectivity index (χ2v) is 23.9. The molecule has 0 fully saturated rings. The first kappa shape index (κ1) is 75.1. The van der Waals surface area contributed by atoms with E-state index in [-0.39, 0.29) is 18.5 Å². The van der Waals surface area contributed by atoms with Crippen molar-refractivity contribution >= 4 is 11.9 Å². The topological polar surface area (TPSA) is 95.9 Å². The summed E-state index contributed by atoms with van der Waals surface area (Å²) in [4.78, 5) is 24.6. The summed E-state index contributed by atoms with van der Waals surface area (Å²) >= 11 is 0. The third-order valence-electron chi connectivity index (χ3n) is 16.2. The van der Waals surface area contributed by atoms with Crippen LogP contribution in [0.2, 0.25) is 0 Å². The van der Waals surface area contributed by atoms with E-state index < -0.39 is 12.1 Å². The molecule has 0 spiro atoms. The lowest BCUT2D eigenvalue weighted by atomic mass is 10.0. The molecule has 0 aromatic heterocycles. The van der Waals surface area contributed by atoms with Crippen LogP contribution >= 0.6 is 0 Å². The van der Waals surface area contributed by atoms with Crippen molar-refractivity contribution in [2.45, 2.75) is 392 Å². The SMILES string of the molecule is CCCCCCCCCCCCC/C=C/C(O)C(CO)NC(=O)CCCCCCCCCCCCCCC/C=C\C/C=C\CCCCCCCCCCCOC(=O)CCCCCCCCCCCCCCCCCCCC. The molecular weight excluding hydrogens is 947 g/mol. The van der Waals surface area contributed by atoms with Crippen LogP contribution in [0.3, 0.4) is 0 Å². The molecular formula is C71H135NO5. The third kappa shape index (κ3) is 63.1. The van der Waals surface area contributed by atoms with Crippen LogP contribution in [0.15, 0.2) is 36.5 Å². The number of esters is 1. The lowest BCUT2D eigenvalue weighted by Gasteiger charge is -2.20. The number of aliphatic hydroxyl groups excluding tert-OH is 2. The Morgan fingerprint density at radius 1 is 0.364 bits per heavy atom. The first-order valence-corrected chi connectivity index (χ1v) is 34.8. The van der Waals surface area contributed by atoms with E-state index in [9.17, 15) is 19.8 Å². The van der Waals surface area contributed by atoms with Crippen molar-refractivity contribution in [2.75, 3.05) is 13.2 Å². The second-order valence-electron chi connectivity index (χ2n) is 23.9. The molecule has 3 N–H and O–H groups in total. The largest absolute Gasteiger partial charge is 0.466 e. The van der Waals surface area contributed by atoms with Crippen molar-refractivity contribution in [3.8, 4) is 0 Å². The average Bonchev–Trinajstić information content (AvgIpc) is 3.43. The van der Waals surface area contributed by atoms with Gasteiger partial charge in [-0.05, 0) is 64.2 Å². The molecule has 6 heteroatoms. The van der Waals surface area contributed by atoms with Gasteiger partial charge in [0.1, 0.15) is 0 Å². The van der Waals surface area contributed by atoms with Gasteiger partial charge in [0.25, 0.3) is 0 Å². The lowest BCUT2D eigenvalue weighted by Crippen LogP contribution is -2.45. The Kier molecular flexibility index (Phi) is 64.9. The normalized spacial score (nSPS) is 12.7. The molecule has 0 saturated carbocycles. The zero-order chi connectivity index (χ0) is 55.7. The molecule has 1 amide bonds. The van der Waals surface area contributed by atoms with Crippen molar-refractivity contribution in [3.63, 3.8) is 0 Å². The molecule has 6 nitrogen and oxygen atoms in total. The van der Waals surface area contributed by atoms with E-state index in [2.05, 4.69) is 43.5 Å². The van der Waals surface area contributed by atoms with Crippen LogP contribution in [0.5, 0.6) is 0 Å². The maximum atomic E-state index is 12.5. The number of carbonyl (C=O) groups is 2. The zero-order valence-electron chi connectivity index (χ0n) is 52.0. The van der Waals surface area contributed by atoms with Crippen molar-refractivity contribution in [3.05, 3.63) is 36.5 Å². The van der Waals surface area contributed by atoms with E-state index in [1.165, 1.54) is 308 Å². The van der Waals surface area contributed by atoms with Crippen molar-refractivity contribution < 1.29 is 24.5 Å². The number of nitrogens with one attached hydrogen (secondary N) is 1. The van der Waals surface area contributed by atoms with Gasteiger partial charge in [0.15, 0.2) is 0 Å². The Balaban J connectivity index is 3.39. The standard InChI is InChI=1S/C71H135NO5/c1-3-5-7-9-11-13-15-17-18-19-34-37-41-45-49-53-57-61-65-71(76)77-66-62-58-54-50-46-42-38-35-32-30-28-26-24-22-20-21-23-25-27-29-31-33-36-40-44-48-52-56-60-64-70(75)72-68(67-73)69(74)63-59-55-51-47-43-39-16-14-12-10-8-6-4-2/h20,22,26,28,59,63,68-69,73-74H,3-19,21,23-25,27,29-58,60-62,64-67H2,1-2H3,(H,72,75)/b22-20-,28-26-,63-59+. The van der Waals surface area contributed by atoms with Crippen LogP contribution in [0.1, 0.15) is 380 Å². The van der Waals surface area contributed by atoms with Gasteiger partial charge in [0.05, 0.1) is 25.4 Å². The number of carbonyl (C=O) groups excluding carboxylic acids is 2. The van der Waals surface area contributed by atoms with E-state index in [0.29, 0.717) is 19.4 Å². The molecule has 0 aromatic carbocycles. The summed E-state index contributed by atoms with van der Waals surface area (Å²) < 4.78 is 5.50. The van der Waals surface area contributed by atoms with Gasteiger partial charge in [-0.15, -0.1) is 0 Å². The minimum absolute atomic E-state index is 0.0164. The molecule has 2 unspecified atom stereocenters. The highest BCUT2D eigenvalue weighted by atomic mass is 16.5. The van der Waals surface area contributed by atoms with Gasteiger partial charge in [0, 0.05) is 12.8 Å². The van der Waals surface area contributed by atoms with E-state index in [1.807, 2.05) is 6.08 Å². The molecule has 0 aliphatic rings. The second kappa shape index (κ2) is 66.6. The van der Waals surface area contributed by atoms with Crippen LogP contribution in [-0.2, 0) is 14.3 Å². The van der Waals surface area contributed by atoms with E-state index in [1.54, 1.807) is 6.08 Å². The van der Waals surface area contributed by atoms with E-state index >= 15 is 0 Å². The van der Waals surface area contributed by atoms with Crippen molar-refractivity contribution in [1.29, 1.82) is 0 Å². The summed E-state index contributed by atoms with van der Waals surface area (Å²) in [5, 5.41) is 23.1. The number of hydrogen-bond acceptors (Lipinski definition) is 5. The first-order chi connectivity index (χ1) is 38.0. The number of allylic oxidation sites excluding steroid dienone is 5. The Labute approximate surface area is 481 Å². The van der Waals surface area contributed by atoms with Gasteiger partial charge in [0.2, 0.25) is 5.91 Å². The summed E-state index contributed by atoms with van der Waals surface area (Å²) in [5.74, 6) is -0.0516. The quantitative estimate of drug-likeness (QED) is 0.0320. The van der Waals surface area contributed by atoms with Crippen LogP contribution < -0.4 is 5.32 Å². The van der Waals surface area contributed by atoms with Crippen LogP contribution in [0.4, 0.5) is 0 Å². The number of rotatable bonds is 65. The van der Waals surface area contributed by atoms with Crippen molar-refractivity contribution in [2.24, 2.45) is 0 Å². The highest BCUT2D eigenvalue weighted by molar-refractivity contribution is 5.76. The molecule has 0 aliphatic heterocycles.